The van der Waals surface area contributed by atoms with E-state index in [1.807, 2.05) is 0 Å². The standard InChI is InChI=1S/C10H8BrF3O2/c1-5(9(15)16)6-2-7(10(12,13)14)4-8(11)3-6/h2-5H,1H3,(H,15,16). The highest BCUT2D eigenvalue weighted by molar-refractivity contribution is 9.10. The van der Waals surface area contributed by atoms with Crippen LogP contribution in [0.3, 0.4) is 0 Å². The average molecular weight is 297 g/mol. The molecule has 0 saturated carbocycles. The molecule has 0 fully saturated rings. The number of aliphatic carboxylic acids is 1. The van der Waals surface area contributed by atoms with Crippen molar-refractivity contribution in [2.75, 3.05) is 0 Å². The number of carbonyl (C=O) groups is 1. The topological polar surface area (TPSA) is 37.3 Å². The first-order valence-corrected chi connectivity index (χ1v) is 5.11. The first kappa shape index (κ1) is 13.0. The zero-order chi connectivity index (χ0) is 12.5. The molecule has 6 heteroatoms. The summed E-state index contributed by atoms with van der Waals surface area (Å²) in [5, 5.41) is 8.72. The van der Waals surface area contributed by atoms with Gasteiger partial charge in [0.15, 0.2) is 0 Å². The minimum Gasteiger partial charge on any atom is -0.481 e. The highest BCUT2D eigenvalue weighted by Gasteiger charge is 2.31. The lowest BCUT2D eigenvalue weighted by molar-refractivity contribution is -0.139. The van der Waals surface area contributed by atoms with Crippen LogP contribution >= 0.6 is 15.9 Å². The summed E-state index contributed by atoms with van der Waals surface area (Å²) in [7, 11) is 0. The van der Waals surface area contributed by atoms with Crippen molar-refractivity contribution in [3.63, 3.8) is 0 Å². The Morgan fingerprint density at radius 1 is 1.38 bits per heavy atom. The van der Waals surface area contributed by atoms with Crippen LogP contribution in [0.5, 0.6) is 0 Å². The summed E-state index contributed by atoms with van der Waals surface area (Å²) in [5.41, 5.74) is -0.737. The Bertz CT molecular complexity index is 415. The Morgan fingerprint density at radius 2 is 1.94 bits per heavy atom. The van der Waals surface area contributed by atoms with Crippen molar-refractivity contribution in [3.05, 3.63) is 33.8 Å². The summed E-state index contributed by atoms with van der Waals surface area (Å²) in [6.45, 7) is 1.34. The molecule has 1 rings (SSSR count). The van der Waals surface area contributed by atoms with E-state index in [2.05, 4.69) is 15.9 Å². The second kappa shape index (κ2) is 4.45. The number of hydrogen-bond donors (Lipinski definition) is 1. The van der Waals surface area contributed by atoms with E-state index in [4.69, 9.17) is 5.11 Å². The molecule has 0 aliphatic rings. The molecule has 0 saturated heterocycles. The largest absolute Gasteiger partial charge is 0.481 e. The maximum atomic E-state index is 12.4. The average Bonchev–Trinajstić information content (AvgIpc) is 2.14. The van der Waals surface area contributed by atoms with Crippen LogP contribution in [0.15, 0.2) is 22.7 Å². The first-order valence-electron chi connectivity index (χ1n) is 4.32. The van der Waals surface area contributed by atoms with Gasteiger partial charge in [-0.25, -0.2) is 0 Å². The lowest BCUT2D eigenvalue weighted by Gasteiger charge is -2.12. The molecule has 1 N–H and O–H groups in total. The van der Waals surface area contributed by atoms with E-state index in [1.165, 1.54) is 13.0 Å². The summed E-state index contributed by atoms with van der Waals surface area (Å²) in [6, 6.07) is 3.13. The van der Waals surface area contributed by atoms with Gasteiger partial charge in [-0.05, 0) is 30.7 Å². The number of carboxylic acids is 1. The van der Waals surface area contributed by atoms with Gasteiger partial charge >= 0.3 is 12.1 Å². The van der Waals surface area contributed by atoms with E-state index in [1.54, 1.807) is 0 Å². The SMILES string of the molecule is CC(C(=O)O)c1cc(Br)cc(C(F)(F)F)c1. The van der Waals surface area contributed by atoms with Gasteiger partial charge in [0.25, 0.3) is 0 Å². The lowest BCUT2D eigenvalue weighted by atomic mass is 9.99. The number of alkyl halides is 3. The van der Waals surface area contributed by atoms with E-state index >= 15 is 0 Å². The molecule has 1 aromatic carbocycles. The molecule has 0 radical (unpaired) electrons. The van der Waals surface area contributed by atoms with Gasteiger partial charge in [-0.3, -0.25) is 4.79 Å². The van der Waals surface area contributed by atoms with Crippen LogP contribution in [0.1, 0.15) is 24.0 Å². The first-order chi connectivity index (χ1) is 7.21. The summed E-state index contributed by atoms with van der Waals surface area (Å²) >= 11 is 2.93. The van der Waals surface area contributed by atoms with E-state index in [0.29, 0.717) is 0 Å². The minimum atomic E-state index is -4.48. The lowest BCUT2D eigenvalue weighted by Crippen LogP contribution is -2.10. The van der Waals surface area contributed by atoms with Gasteiger partial charge in [0.1, 0.15) is 0 Å². The maximum Gasteiger partial charge on any atom is 0.416 e. The fourth-order valence-corrected chi connectivity index (χ4v) is 1.68. The van der Waals surface area contributed by atoms with Crippen molar-refractivity contribution >= 4 is 21.9 Å². The highest BCUT2D eigenvalue weighted by atomic mass is 79.9. The molecule has 0 aliphatic carbocycles. The molecule has 1 unspecified atom stereocenters. The Kier molecular flexibility index (Phi) is 3.62. The van der Waals surface area contributed by atoms with Crippen molar-refractivity contribution in [2.24, 2.45) is 0 Å². The van der Waals surface area contributed by atoms with Gasteiger partial charge in [0, 0.05) is 4.47 Å². The predicted octanol–water partition coefficient (Wildman–Crippen LogP) is 3.66. The minimum absolute atomic E-state index is 0.120. The number of carboxylic acid groups (broad SMARTS) is 1. The Morgan fingerprint density at radius 3 is 2.38 bits per heavy atom. The normalized spacial score (nSPS) is 13.6. The maximum absolute atomic E-state index is 12.4. The van der Waals surface area contributed by atoms with Crippen LogP contribution in [0.2, 0.25) is 0 Å². The number of halogens is 4. The predicted molar refractivity (Wildman–Crippen MR) is 55.2 cm³/mol. The summed E-state index contributed by atoms with van der Waals surface area (Å²) in [6.07, 6.45) is -4.48. The quantitative estimate of drug-likeness (QED) is 0.904. The van der Waals surface area contributed by atoms with E-state index in [-0.39, 0.29) is 10.0 Å². The fraction of sp³-hybridized carbons (Fsp3) is 0.300. The third kappa shape index (κ3) is 2.98. The van der Waals surface area contributed by atoms with Crippen LogP contribution in [0, 0.1) is 0 Å². The van der Waals surface area contributed by atoms with Crippen LogP contribution in [0.4, 0.5) is 13.2 Å². The molecule has 1 aromatic rings. The Labute approximate surface area is 98.2 Å². The van der Waals surface area contributed by atoms with Gasteiger partial charge in [0.2, 0.25) is 0 Å². The van der Waals surface area contributed by atoms with E-state index < -0.39 is 23.6 Å². The molecule has 0 bridgehead atoms. The van der Waals surface area contributed by atoms with Crippen molar-refractivity contribution in [3.8, 4) is 0 Å². The molecule has 0 aromatic heterocycles. The molecule has 2 nitrogen and oxygen atoms in total. The summed E-state index contributed by atoms with van der Waals surface area (Å²) in [5.74, 6) is -2.13. The van der Waals surface area contributed by atoms with Crippen molar-refractivity contribution in [2.45, 2.75) is 19.0 Å². The molecular formula is C10H8BrF3O2. The fourth-order valence-electron chi connectivity index (χ4n) is 1.17. The van der Waals surface area contributed by atoms with Gasteiger partial charge < -0.3 is 5.11 Å². The Hall–Kier alpha value is -1.04. The zero-order valence-corrected chi connectivity index (χ0v) is 9.76. The molecule has 0 aliphatic heterocycles. The van der Waals surface area contributed by atoms with Gasteiger partial charge in [-0.1, -0.05) is 15.9 Å². The molecule has 0 spiro atoms. The summed E-state index contributed by atoms with van der Waals surface area (Å²) in [4.78, 5) is 10.7. The summed E-state index contributed by atoms with van der Waals surface area (Å²) < 4.78 is 37.5. The third-order valence-corrected chi connectivity index (χ3v) is 2.58. The number of rotatable bonds is 2. The zero-order valence-electron chi connectivity index (χ0n) is 8.18. The molecule has 0 amide bonds. The molecule has 0 heterocycles. The number of benzene rings is 1. The molecule has 16 heavy (non-hydrogen) atoms. The van der Waals surface area contributed by atoms with E-state index in [9.17, 15) is 18.0 Å². The van der Waals surface area contributed by atoms with Crippen LogP contribution in [-0.4, -0.2) is 11.1 Å². The van der Waals surface area contributed by atoms with Crippen LogP contribution in [-0.2, 0) is 11.0 Å². The van der Waals surface area contributed by atoms with Crippen molar-refractivity contribution < 1.29 is 23.1 Å². The van der Waals surface area contributed by atoms with E-state index in [0.717, 1.165) is 12.1 Å². The number of hydrogen-bond acceptors (Lipinski definition) is 1. The van der Waals surface area contributed by atoms with Crippen LogP contribution in [0.25, 0.3) is 0 Å². The van der Waals surface area contributed by atoms with Crippen LogP contribution < -0.4 is 0 Å². The third-order valence-electron chi connectivity index (χ3n) is 2.12. The second-order valence-electron chi connectivity index (χ2n) is 3.33. The second-order valence-corrected chi connectivity index (χ2v) is 4.25. The molecular weight excluding hydrogens is 289 g/mol. The molecule has 1 atom stereocenters. The van der Waals surface area contributed by atoms with Gasteiger partial charge in [0.05, 0.1) is 11.5 Å². The smallest absolute Gasteiger partial charge is 0.416 e. The monoisotopic (exact) mass is 296 g/mol. The molecule has 88 valence electrons. The highest BCUT2D eigenvalue weighted by Crippen LogP contribution is 2.33. The van der Waals surface area contributed by atoms with Gasteiger partial charge in [-0.2, -0.15) is 13.2 Å². The van der Waals surface area contributed by atoms with Crippen molar-refractivity contribution in [1.82, 2.24) is 0 Å². The van der Waals surface area contributed by atoms with Gasteiger partial charge in [-0.15, -0.1) is 0 Å². The Balaban J connectivity index is 3.23. The van der Waals surface area contributed by atoms with Crippen molar-refractivity contribution in [1.29, 1.82) is 0 Å².